The van der Waals surface area contributed by atoms with Crippen molar-refractivity contribution >= 4 is 11.6 Å². The average Bonchev–Trinajstić information content (AvgIpc) is 2.59. The number of rotatable bonds is 6. The van der Waals surface area contributed by atoms with Gasteiger partial charge < -0.3 is 25.6 Å². The molecule has 0 saturated heterocycles. The Hall–Kier alpha value is -2.87. The van der Waals surface area contributed by atoms with Crippen LogP contribution in [0.15, 0.2) is 41.4 Å². The number of guanidine groups is 1. The molecule has 0 heterocycles. The topological polar surface area (TPSA) is 89.1 Å². The van der Waals surface area contributed by atoms with E-state index in [1.165, 1.54) is 27.2 Å². The maximum Gasteiger partial charge on any atom is 0.193 e. The Morgan fingerprint density at radius 2 is 1.85 bits per heavy atom. The zero-order valence-corrected chi connectivity index (χ0v) is 14.7. The molecule has 2 aromatic rings. The quantitative estimate of drug-likeness (QED) is 0.541. The molecule has 6 nitrogen and oxygen atoms in total. The molecule has 0 bridgehead atoms. The minimum Gasteiger partial charge on any atom is -0.493 e. The zero-order valence-electron chi connectivity index (χ0n) is 14.7. The summed E-state index contributed by atoms with van der Waals surface area (Å²) in [5.74, 6) is -0.495. The van der Waals surface area contributed by atoms with Crippen LogP contribution in [-0.4, -0.2) is 31.8 Å². The van der Waals surface area contributed by atoms with Gasteiger partial charge in [0, 0.05) is 23.4 Å². The number of nitrogens with two attached hydrogens (primary N) is 1. The largest absolute Gasteiger partial charge is 0.493 e. The van der Waals surface area contributed by atoms with Gasteiger partial charge in [0.25, 0.3) is 0 Å². The Bertz CT molecular complexity index is 810. The molecule has 0 spiro atoms. The number of halogens is 2. The highest BCUT2D eigenvalue weighted by Crippen LogP contribution is 2.29. The third-order valence-corrected chi connectivity index (χ3v) is 3.72. The van der Waals surface area contributed by atoms with Crippen LogP contribution in [-0.2, 0) is 5.60 Å². The number of ether oxygens (including phenoxy) is 2. The predicted molar refractivity (Wildman–Crippen MR) is 95.6 cm³/mol. The lowest BCUT2D eigenvalue weighted by Crippen LogP contribution is -2.30. The van der Waals surface area contributed by atoms with Crippen LogP contribution in [0.1, 0.15) is 12.5 Å². The summed E-state index contributed by atoms with van der Waals surface area (Å²) in [5.41, 5.74) is 4.69. The second-order valence-corrected chi connectivity index (χ2v) is 5.79. The molecular formula is C18H21F2N3O3. The summed E-state index contributed by atoms with van der Waals surface area (Å²) in [6, 6.07) is 8.03. The van der Waals surface area contributed by atoms with Crippen molar-refractivity contribution in [2.24, 2.45) is 10.7 Å². The van der Waals surface area contributed by atoms with E-state index in [4.69, 9.17) is 15.2 Å². The Balaban J connectivity index is 2.12. The van der Waals surface area contributed by atoms with Gasteiger partial charge in [0.05, 0.1) is 20.8 Å². The molecule has 2 aromatic carbocycles. The number of benzene rings is 2. The molecule has 0 radical (unpaired) electrons. The molecule has 0 aliphatic rings. The van der Waals surface area contributed by atoms with E-state index < -0.39 is 17.2 Å². The van der Waals surface area contributed by atoms with Gasteiger partial charge in [0.1, 0.15) is 17.2 Å². The first-order valence-electron chi connectivity index (χ1n) is 7.73. The summed E-state index contributed by atoms with van der Waals surface area (Å²) in [6.07, 6.45) is 0. The van der Waals surface area contributed by atoms with Gasteiger partial charge in [0.15, 0.2) is 17.5 Å². The highest BCUT2D eigenvalue weighted by molar-refractivity contribution is 5.92. The smallest absolute Gasteiger partial charge is 0.193 e. The maximum atomic E-state index is 13.9. The molecule has 0 fully saturated rings. The normalized spacial score (nSPS) is 13.8. The first-order valence-corrected chi connectivity index (χ1v) is 7.73. The van der Waals surface area contributed by atoms with Gasteiger partial charge in [-0.2, -0.15) is 0 Å². The van der Waals surface area contributed by atoms with Crippen LogP contribution in [0.3, 0.4) is 0 Å². The Morgan fingerprint density at radius 1 is 1.15 bits per heavy atom. The molecule has 1 unspecified atom stereocenters. The molecule has 8 heteroatoms. The summed E-state index contributed by atoms with van der Waals surface area (Å²) in [4.78, 5) is 4.03. The summed E-state index contributed by atoms with van der Waals surface area (Å²) < 4.78 is 37.2. The first-order chi connectivity index (χ1) is 12.3. The summed E-state index contributed by atoms with van der Waals surface area (Å²) in [5, 5.41) is 13.3. The average molecular weight is 365 g/mol. The Kier molecular flexibility index (Phi) is 5.99. The number of nitrogens with one attached hydrogen (secondary N) is 1. The van der Waals surface area contributed by atoms with Crippen molar-refractivity contribution in [2.75, 3.05) is 26.1 Å². The minimum atomic E-state index is -1.65. The van der Waals surface area contributed by atoms with Crippen LogP contribution in [0.5, 0.6) is 11.5 Å². The number of nitrogens with zero attached hydrogens (tertiary/aromatic N) is 1. The number of anilines is 1. The maximum absolute atomic E-state index is 13.9. The van der Waals surface area contributed by atoms with E-state index in [1.807, 2.05) is 0 Å². The molecule has 0 amide bonds. The van der Waals surface area contributed by atoms with Crippen LogP contribution < -0.4 is 20.5 Å². The summed E-state index contributed by atoms with van der Waals surface area (Å²) in [6.45, 7) is 1.15. The fourth-order valence-corrected chi connectivity index (χ4v) is 2.35. The zero-order chi connectivity index (χ0) is 19.3. The van der Waals surface area contributed by atoms with Gasteiger partial charge in [-0.25, -0.2) is 13.8 Å². The molecule has 2 rings (SSSR count). The van der Waals surface area contributed by atoms with Crippen molar-refractivity contribution in [2.45, 2.75) is 12.5 Å². The van der Waals surface area contributed by atoms with Gasteiger partial charge >= 0.3 is 0 Å². The van der Waals surface area contributed by atoms with E-state index in [9.17, 15) is 13.9 Å². The van der Waals surface area contributed by atoms with Gasteiger partial charge in [-0.15, -0.1) is 0 Å². The fraction of sp³-hybridized carbons (Fsp3) is 0.278. The second-order valence-electron chi connectivity index (χ2n) is 5.79. The van der Waals surface area contributed by atoms with Gasteiger partial charge in [-0.05, 0) is 25.1 Å². The van der Waals surface area contributed by atoms with Crippen molar-refractivity contribution < 1.29 is 23.4 Å². The molecule has 0 saturated carbocycles. The summed E-state index contributed by atoms with van der Waals surface area (Å²) in [7, 11) is 3.03. The first kappa shape index (κ1) is 19.5. The van der Waals surface area contributed by atoms with Gasteiger partial charge in [-0.3, -0.25) is 0 Å². The lowest BCUT2D eigenvalue weighted by atomic mass is 9.95. The number of hydrogen-bond acceptors (Lipinski definition) is 4. The van der Waals surface area contributed by atoms with E-state index in [2.05, 4.69) is 10.3 Å². The van der Waals surface area contributed by atoms with E-state index in [1.54, 1.807) is 18.2 Å². The lowest BCUT2D eigenvalue weighted by Gasteiger charge is -2.22. The third kappa shape index (κ3) is 4.60. The highest BCUT2D eigenvalue weighted by atomic mass is 19.1. The van der Waals surface area contributed by atoms with Crippen LogP contribution in [0.25, 0.3) is 0 Å². The van der Waals surface area contributed by atoms with Crippen molar-refractivity contribution in [3.63, 3.8) is 0 Å². The van der Waals surface area contributed by atoms with Crippen LogP contribution in [0.2, 0.25) is 0 Å². The number of aliphatic hydroxyl groups is 1. The summed E-state index contributed by atoms with van der Waals surface area (Å²) >= 11 is 0. The van der Waals surface area contributed by atoms with Crippen molar-refractivity contribution in [1.82, 2.24) is 0 Å². The van der Waals surface area contributed by atoms with Crippen molar-refractivity contribution in [3.8, 4) is 11.5 Å². The fourth-order valence-electron chi connectivity index (χ4n) is 2.35. The highest BCUT2D eigenvalue weighted by Gasteiger charge is 2.26. The second kappa shape index (κ2) is 8.01. The molecule has 4 N–H and O–H groups in total. The minimum absolute atomic E-state index is 0.0139. The molecule has 0 aliphatic carbocycles. The van der Waals surface area contributed by atoms with Gasteiger partial charge in [0.2, 0.25) is 0 Å². The lowest BCUT2D eigenvalue weighted by molar-refractivity contribution is 0.0634. The monoisotopic (exact) mass is 365 g/mol. The van der Waals surface area contributed by atoms with E-state index in [0.717, 1.165) is 6.07 Å². The number of aliphatic imine (C=N–C) groups is 1. The van der Waals surface area contributed by atoms with E-state index in [-0.39, 0.29) is 18.1 Å². The van der Waals surface area contributed by atoms with Crippen LogP contribution in [0, 0.1) is 11.6 Å². The SMILES string of the molecule is COc1ccc(NC(N)=NCC(C)(O)c2ccc(F)cc2F)cc1OC. The van der Waals surface area contributed by atoms with Gasteiger partial charge in [-0.1, -0.05) is 6.07 Å². The van der Waals surface area contributed by atoms with Crippen LogP contribution in [0.4, 0.5) is 14.5 Å². The number of methoxy groups -OCH3 is 2. The molecule has 26 heavy (non-hydrogen) atoms. The molecule has 140 valence electrons. The van der Waals surface area contributed by atoms with Crippen molar-refractivity contribution in [1.29, 1.82) is 0 Å². The molecule has 0 aromatic heterocycles. The predicted octanol–water partition coefficient (Wildman–Crippen LogP) is 2.62. The Morgan fingerprint density at radius 3 is 2.46 bits per heavy atom. The molecular weight excluding hydrogens is 344 g/mol. The van der Waals surface area contributed by atoms with Crippen molar-refractivity contribution in [3.05, 3.63) is 53.6 Å². The molecule has 1 atom stereocenters. The van der Waals surface area contributed by atoms with E-state index >= 15 is 0 Å². The number of hydrogen-bond donors (Lipinski definition) is 3. The molecule has 0 aliphatic heterocycles. The Labute approximate surface area is 150 Å². The third-order valence-electron chi connectivity index (χ3n) is 3.72. The standard InChI is InChI=1S/C18H21F2N3O3/c1-18(24,13-6-4-11(19)8-14(13)20)10-22-17(21)23-12-5-7-15(25-2)16(9-12)26-3/h4-9,24H,10H2,1-3H3,(H3,21,22,23). The van der Waals surface area contributed by atoms with E-state index in [0.29, 0.717) is 23.3 Å². The van der Waals surface area contributed by atoms with Crippen LogP contribution >= 0.6 is 0 Å².